The summed E-state index contributed by atoms with van der Waals surface area (Å²) in [6.07, 6.45) is -16.2. The van der Waals surface area contributed by atoms with Gasteiger partial charge in [0.05, 0.1) is 25.2 Å². The van der Waals surface area contributed by atoms with Gasteiger partial charge in [0.15, 0.2) is 0 Å². The minimum atomic E-state index is -2.31. The van der Waals surface area contributed by atoms with Crippen LogP contribution in [0.5, 0.6) is 0 Å². The summed E-state index contributed by atoms with van der Waals surface area (Å²) in [5, 5.41) is 107. The third-order valence-corrected chi connectivity index (χ3v) is 2.99. The van der Waals surface area contributed by atoms with E-state index in [9.17, 15) is 19.8 Å². The van der Waals surface area contributed by atoms with Gasteiger partial charge in [-0.1, -0.05) is 0 Å². The molecular formula is C12H22NiO14. The molecule has 0 aliphatic carbocycles. The van der Waals surface area contributed by atoms with Gasteiger partial charge in [-0.05, 0) is 0 Å². The van der Waals surface area contributed by atoms with E-state index in [1.54, 1.807) is 0 Å². The summed E-state index contributed by atoms with van der Waals surface area (Å²) >= 11 is 0. The summed E-state index contributed by atoms with van der Waals surface area (Å²) in [7, 11) is 0. The monoisotopic (exact) mass is 448 g/mol. The van der Waals surface area contributed by atoms with Gasteiger partial charge in [0, 0.05) is 0 Å². The Balaban J connectivity index is -0.000000411. The molecule has 0 aromatic heterocycles. The van der Waals surface area contributed by atoms with Crippen LogP contribution in [0.3, 0.4) is 0 Å². The summed E-state index contributed by atoms with van der Waals surface area (Å²) in [5.74, 6) is -3.95. The fraction of sp³-hybridized carbons (Fsp3) is 0.833. The molecule has 0 aromatic carbocycles. The first-order valence-electron chi connectivity index (χ1n) is 6.91. The number of aliphatic hydroxyl groups is 10. The molecule has 14 nitrogen and oxygen atoms in total. The molecule has 0 heterocycles. The number of carbonyl (C=O) groups is 2. The molecule has 0 aromatic rings. The maximum absolute atomic E-state index is 9.98. The molecule has 0 saturated carbocycles. The molecule has 0 unspecified atom stereocenters. The van der Waals surface area contributed by atoms with Crippen LogP contribution >= 0.6 is 0 Å². The zero-order valence-corrected chi connectivity index (χ0v) is 14.4. The van der Waals surface area contributed by atoms with Crippen LogP contribution in [0.15, 0.2) is 0 Å². The standard InChI is InChI=1S/2C6H12O7.Ni/c2*7-1-2(8)3(9)4(10)5(11)6(12)13;/h2*2-5,7-11H,1H2,(H,12,13);/q;;+2/p-2/t2*2-,3-,4+,5-;/m11./s1. The van der Waals surface area contributed by atoms with Gasteiger partial charge in [-0.2, -0.15) is 0 Å². The average molecular weight is 449 g/mol. The number of carboxylic acids is 2. The van der Waals surface area contributed by atoms with Gasteiger partial charge in [0.2, 0.25) is 0 Å². The van der Waals surface area contributed by atoms with Gasteiger partial charge in [0.25, 0.3) is 0 Å². The molecule has 0 aliphatic rings. The molecule has 15 heteroatoms. The molecule has 164 valence electrons. The van der Waals surface area contributed by atoms with Crippen molar-refractivity contribution in [3.05, 3.63) is 0 Å². The van der Waals surface area contributed by atoms with Gasteiger partial charge in [-0.25, -0.2) is 0 Å². The molecule has 0 fully saturated rings. The maximum atomic E-state index is 9.98. The van der Waals surface area contributed by atoms with E-state index in [0.29, 0.717) is 0 Å². The number of carboxylic acid groups (broad SMARTS) is 2. The van der Waals surface area contributed by atoms with Crippen molar-refractivity contribution in [1.82, 2.24) is 0 Å². The van der Waals surface area contributed by atoms with Gasteiger partial charge < -0.3 is 70.9 Å². The van der Waals surface area contributed by atoms with Crippen molar-refractivity contribution >= 4 is 11.9 Å². The van der Waals surface area contributed by atoms with Gasteiger partial charge in [0.1, 0.15) is 48.8 Å². The van der Waals surface area contributed by atoms with Crippen molar-refractivity contribution in [2.24, 2.45) is 0 Å². The molecule has 10 N–H and O–H groups in total. The fourth-order valence-electron chi connectivity index (χ4n) is 1.32. The number of carbonyl (C=O) groups excluding carboxylic acids is 2. The minimum Gasteiger partial charge on any atom is -0.547 e. The third-order valence-electron chi connectivity index (χ3n) is 2.99. The van der Waals surface area contributed by atoms with Crippen LogP contribution < -0.4 is 10.2 Å². The van der Waals surface area contributed by atoms with E-state index in [2.05, 4.69) is 0 Å². The SMILES string of the molecule is O=C([O-])[C@H](O)[C@@H](O)[C@H](O)[C@H](O)CO.O=C([O-])[C@H](O)[C@@H](O)[C@H](O)[C@H](O)CO.[Ni+2]. The number of aliphatic carboxylic acids is 2. The molecule has 0 aliphatic heterocycles. The Kier molecular flexibility index (Phi) is 17.1. The van der Waals surface area contributed by atoms with Crippen LogP contribution in [0.2, 0.25) is 0 Å². The zero-order valence-electron chi connectivity index (χ0n) is 13.5. The van der Waals surface area contributed by atoms with E-state index >= 15 is 0 Å². The number of hydrogen-bond donors (Lipinski definition) is 10. The van der Waals surface area contributed by atoms with Crippen LogP contribution in [-0.4, -0.2) is 125 Å². The van der Waals surface area contributed by atoms with Gasteiger partial charge in [-0.15, -0.1) is 0 Å². The van der Waals surface area contributed by atoms with E-state index in [0.717, 1.165) is 0 Å². The van der Waals surface area contributed by atoms with Crippen molar-refractivity contribution in [2.45, 2.75) is 48.8 Å². The van der Waals surface area contributed by atoms with Gasteiger partial charge >= 0.3 is 16.5 Å². The molecule has 0 rings (SSSR count). The van der Waals surface area contributed by atoms with Crippen LogP contribution in [0.1, 0.15) is 0 Å². The number of aliphatic hydroxyl groups excluding tert-OH is 10. The second-order valence-corrected chi connectivity index (χ2v) is 4.99. The van der Waals surface area contributed by atoms with Crippen molar-refractivity contribution < 1.29 is 87.4 Å². The zero-order chi connectivity index (χ0) is 21.2. The molecule has 0 amide bonds. The Labute approximate surface area is 162 Å². The topological polar surface area (TPSA) is 283 Å². The van der Waals surface area contributed by atoms with Crippen LogP contribution in [0.25, 0.3) is 0 Å². The maximum Gasteiger partial charge on any atom is 2.00 e. The smallest absolute Gasteiger partial charge is 0.547 e. The first-order chi connectivity index (χ1) is 11.8. The van der Waals surface area contributed by atoms with Crippen molar-refractivity contribution in [1.29, 1.82) is 0 Å². The molecule has 8 atom stereocenters. The Bertz CT molecular complexity index is 385. The molecule has 0 saturated heterocycles. The van der Waals surface area contributed by atoms with Crippen LogP contribution in [0, 0.1) is 0 Å². The van der Waals surface area contributed by atoms with Crippen molar-refractivity contribution in [2.75, 3.05) is 13.2 Å². The predicted molar refractivity (Wildman–Crippen MR) is 72.2 cm³/mol. The van der Waals surface area contributed by atoms with E-state index < -0.39 is 74.0 Å². The quantitative estimate of drug-likeness (QED) is 0.139. The Morgan fingerprint density at radius 2 is 0.815 bits per heavy atom. The molecule has 27 heavy (non-hydrogen) atoms. The second kappa shape index (κ2) is 15.0. The summed E-state index contributed by atoms with van der Waals surface area (Å²) < 4.78 is 0. The molecule has 0 bridgehead atoms. The second-order valence-electron chi connectivity index (χ2n) is 4.99. The first kappa shape index (κ1) is 30.8. The Morgan fingerprint density at radius 3 is 0.963 bits per heavy atom. The minimum absolute atomic E-state index is 0. The average Bonchev–Trinajstić information content (AvgIpc) is 2.62. The molecule has 0 radical (unpaired) electrons. The summed E-state index contributed by atoms with van der Waals surface area (Å²) in [6.45, 7) is -1.73. The van der Waals surface area contributed by atoms with E-state index in [-0.39, 0.29) is 16.5 Å². The van der Waals surface area contributed by atoms with Crippen molar-refractivity contribution in [3.8, 4) is 0 Å². The first-order valence-corrected chi connectivity index (χ1v) is 6.91. The Hall–Kier alpha value is -0.966. The summed E-state index contributed by atoms with van der Waals surface area (Å²) in [4.78, 5) is 20.0. The molecule has 0 spiro atoms. The van der Waals surface area contributed by atoms with E-state index in [1.807, 2.05) is 0 Å². The molecular weight excluding hydrogens is 427 g/mol. The van der Waals surface area contributed by atoms with Crippen LogP contribution in [0.4, 0.5) is 0 Å². The van der Waals surface area contributed by atoms with E-state index in [1.165, 1.54) is 0 Å². The summed E-state index contributed by atoms with van der Waals surface area (Å²) in [5.41, 5.74) is 0. The van der Waals surface area contributed by atoms with Crippen molar-refractivity contribution in [3.63, 3.8) is 0 Å². The predicted octanol–water partition coefficient (Wildman–Crippen LogP) is -9.66. The normalized spacial score (nSPS) is 19.6. The largest absolute Gasteiger partial charge is 2.00 e. The number of rotatable bonds is 10. The van der Waals surface area contributed by atoms with E-state index in [4.69, 9.17) is 51.1 Å². The van der Waals surface area contributed by atoms with Crippen LogP contribution in [-0.2, 0) is 26.1 Å². The third kappa shape index (κ3) is 10.8. The number of hydrogen-bond acceptors (Lipinski definition) is 14. The van der Waals surface area contributed by atoms with Gasteiger partial charge in [-0.3, -0.25) is 0 Å². The Morgan fingerprint density at radius 1 is 0.593 bits per heavy atom. The fourth-order valence-corrected chi connectivity index (χ4v) is 1.32. The summed E-state index contributed by atoms with van der Waals surface area (Å²) in [6, 6.07) is 0.